The van der Waals surface area contributed by atoms with Gasteiger partial charge in [0.05, 0.1) is 11.8 Å². The second-order valence-corrected chi connectivity index (χ2v) is 3.83. The highest BCUT2D eigenvalue weighted by Gasteiger charge is 2.37. The maximum Gasteiger partial charge on any atom is 0.331 e. The molecule has 0 aliphatic carbocycles. The topological polar surface area (TPSA) is 110 Å². The van der Waals surface area contributed by atoms with Gasteiger partial charge in [-0.15, -0.1) is 5.10 Å². The lowest BCUT2D eigenvalue weighted by Crippen LogP contribution is -2.39. The molecule has 0 aliphatic heterocycles. The molecule has 2 aromatic heterocycles. The number of hydrogen-bond acceptors (Lipinski definition) is 5. The molecule has 2 rings (SSSR count). The number of H-pyrrole nitrogens is 1. The predicted molar refractivity (Wildman–Crippen MR) is 57.0 cm³/mol. The van der Waals surface area contributed by atoms with Crippen LogP contribution in [0.4, 0.5) is 0 Å². The Morgan fingerprint density at radius 3 is 2.94 bits per heavy atom. The van der Waals surface area contributed by atoms with Gasteiger partial charge in [-0.1, -0.05) is 6.92 Å². The van der Waals surface area contributed by atoms with Crippen LogP contribution in [0.1, 0.15) is 20.3 Å². The molecule has 0 fully saturated rings. The first-order valence-corrected chi connectivity index (χ1v) is 5.11. The van der Waals surface area contributed by atoms with Gasteiger partial charge in [-0.25, -0.2) is 9.48 Å². The fourth-order valence-electron chi connectivity index (χ4n) is 1.46. The van der Waals surface area contributed by atoms with E-state index >= 15 is 0 Å². The molecule has 2 N–H and O–H groups in total. The Labute approximate surface area is 96.6 Å². The quantitative estimate of drug-likeness (QED) is 0.788. The Bertz CT molecular complexity index is 519. The fraction of sp³-hybridized carbons (Fsp3) is 0.444. The van der Waals surface area contributed by atoms with E-state index in [1.165, 1.54) is 4.68 Å². The van der Waals surface area contributed by atoms with Crippen molar-refractivity contribution in [1.82, 2.24) is 30.4 Å². The van der Waals surface area contributed by atoms with Gasteiger partial charge >= 0.3 is 5.97 Å². The number of carboxylic acids is 1. The Morgan fingerprint density at radius 2 is 2.41 bits per heavy atom. The molecule has 8 heteroatoms. The normalized spacial score (nSPS) is 14.5. The molecule has 2 aromatic rings. The molecule has 17 heavy (non-hydrogen) atoms. The molecular formula is C9H12N6O2. The third kappa shape index (κ3) is 1.67. The van der Waals surface area contributed by atoms with Crippen molar-refractivity contribution in [3.8, 4) is 11.4 Å². The van der Waals surface area contributed by atoms with Crippen molar-refractivity contribution in [2.24, 2.45) is 0 Å². The molecule has 0 radical (unpaired) electrons. The van der Waals surface area contributed by atoms with E-state index in [0.717, 1.165) is 0 Å². The van der Waals surface area contributed by atoms with Gasteiger partial charge < -0.3 is 5.11 Å². The van der Waals surface area contributed by atoms with Crippen LogP contribution in [-0.2, 0) is 10.3 Å². The lowest BCUT2D eigenvalue weighted by Gasteiger charge is -2.23. The molecule has 0 aliphatic rings. The summed E-state index contributed by atoms with van der Waals surface area (Å²) in [6.07, 6.45) is 3.53. The maximum absolute atomic E-state index is 11.3. The van der Waals surface area contributed by atoms with E-state index in [9.17, 15) is 9.90 Å². The van der Waals surface area contributed by atoms with Crippen LogP contribution >= 0.6 is 0 Å². The zero-order valence-corrected chi connectivity index (χ0v) is 9.45. The summed E-state index contributed by atoms with van der Waals surface area (Å²) in [4.78, 5) is 11.3. The van der Waals surface area contributed by atoms with Gasteiger partial charge in [0.15, 0.2) is 11.4 Å². The van der Waals surface area contributed by atoms with Crippen molar-refractivity contribution < 1.29 is 9.90 Å². The molecule has 2 heterocycles. The molecule has 1 unspecified atom stereocenters. The van der Waals surface area contributed by atoms with Gasteiger partial charge in [0.1, 0.15) is 0 Å². The molecule has 8 nitrogen and oxygen atoms in total. The van der Waals surface area contributed by atoms with E-state index in [2.05, 4.69) is 25.7 Å². The van der Waals surface area contributed by atoms with E-state index in [0.29, 0.717) is 17.8 Å². The first kappa shape index (κ1) is 11.2. The fourth-order valence-corrected chi connectivity index (χ4v) is 1.46. The third-order valence-electron chi connectivity index (χ3n) is 2.84. The van der Waals surface area contributed by atoms with Crippen molar-refractivity contribution in [2.75, 3.05) is 0 Å². The first-order valence-electron chi connectivity index (χ1n) is 5.11. The van der Waals surface area contributed by atoms with Crippen LogP contribution in [0.15, 0.2) is 12.4 Å². The summed E-state index contributed by atoms with van der Waals surface area (Å²) in [5.74, 6) is -0.595. The Hall–Kier alpha value is -2.25. The SMILES string of the molecule is CCC(C)(C(=O)O)n1nnnc1-c1cn[nH]c1. The molecule has 0 aromatic carbocycles. The molecule has 0 saturated heterocycles. The number of carboxylic acid groups (broad SMARTS) is 1. The Morgan fingerprint density at radius 1 is 1.65 bits per heavy atom. The van der Waals surface area contributed by atoms with E-state index in [1.807, 2.05) is 0 Å². The van der Waals surface area contributed by atoms with Crippen molar-refractivity contribution in [3.63, 3.8) is 0 Å². The first-order chi connectivity index (χ1) is 8.09. The predicted octanol–water partition coefficient (Wildman–Crippen LogP) is 0.273. The van der Waals surface area contributed by atoms with Crippen LogP contribution < -0.4 is 0 Å². The largest absolute Gasteiger partial charge is 0.479 e. The highest BCUT2D eigenvalue weighted by atomic mass is 16.4. The molecule has 0 bridgehead atoms. The monoisotopic (exact) mass is 236 g/mol. The van der Waals surface area contributed by atoms with E-state index in [4.69, 9.17) is 0 Å². The number of tetrazole rings is 1. The zero-order chi connectivity index (χ0) is 12.5. The number of hydrogen-bond donors (Lipinski definition) is 2. The summed E-state index contributed by atoms with van der Waals surface area (Å²) < 4.78 is 1.31. The summed E-state index contributed by atoms with van der Waals surface area (Å²) in [7, 11) is 0. The smallest absolute Gasteiger partial charge is 0.331 e. The minimum absolute atomic E-state index is 0.373. The van der Waals surface area contributed by atoms with Crippen LogP contribution in [0.5, 0.6) is 0 Å². The average Bonchev–Trinajstić information content (AvgIpc) is 2.97. The van der Waals surface area contributed by atoms with Gasteiger partial charge in [-0.05, 0) is 23.8 Å². The number of aromatic nitrogens is 6. The van der Waals surface area contributed by atoms with Gasteiger partial charge in [0, 0.05) is 6.20 Å². The van der Waals surface area contributed by atoms with Crippen molar-refractivity contribution >= 4 is 5.97 Å². The standard InChI is InChI=1S/C9H12N6O2/c1-3-9(2,8(16)17)15-7(12-13-14-15)6-4-10-11-5-6/h4-5H,3H2,1-2H3,(H,10,11)(H,16,17). The number of aromatic amines is 1. The second-order valence-electron chi connectivity index (χ2n) is 3.83. The Kier molecular flexibility index (Phi) is 2.62. The van der Waals surface area contributed by atoms with Gasteiger partial charge in [-0.2, -0.15) is 5.10 Å². The van der Waals surface area contributed by atoms with Crippen LogP contribution in [0.2, 0.25) is 0 Å². The number of nitrogens with zero attached hydrogens (tertiary/aromatic N) is 5. The van der Waals surface area contributed by atoms with Crippen molar-refractivity contribution in [3.05, 3.63) is 12.4 Å². The number of nitrogens with one attached hydrogen (secondary N) is 1. The molecule has 90 valence electrons. The lowest BCUT2D eigenvalue weighted by atomic mass is 9.99. The highest BCUT2D eigenvalue weighted by Crippen LogP contribution is 2.25. The molecule has 0 spiro atoms. The summed E-state index contributed by atoms with van der Waals surface area (Å²) in [6, 6.07) is 0. The van der Waals surface area contributed by atoms with E-state index in [1.54, 1.807) is 26.2 Å². The molecule has 1 atom stereocenters. The number of carbonyl (C=O) groups is 1. The molecule has 0 saturated carbocycles. The van der Waals surface area contributed by atoms with E-state index < -0.39 is 11.5 Å². The van der Waals surface area contributed by atoms with Gasteiger partial charge in [0.25, 0.3) is 0 Å². The van der Waals surface area contributed by atoms with Crippen LogP contribution in [0, 0.1) is 0 Å². The average molecular weight is 236 g/mol. The van der Waals surface area contributed by atoms with Crippen LogP contribution in [-0.4, -0.2) is 41.5 Å². The summed E-state index contributed by atoms with van der Waals surface area (Å²) in [5, 5.41) is 26.9. The molecular weight excluding hydrogens is 224 g/mol. The Balaban J connectivity index is 2.54. The number of rotatable bonds is 4. The lowest BCUT2D eigenvalue weighted by molar-refractivity contribution is -0.147. The number of aliphatic carboxylic acids is 1. The summed E-state index contributed by atoms with van der Waals surface area (Å²) >= 11 is 0. The minimum atomic E-state index is -1.17. The van der Waals surface area contributed by atoms with Crippen LogP contribution in [0.3, 0.4) is 0 Å². The second kappa shape index (κ2) is 3.96. The third-order valence-corrected chi connectivity index (χ3v) is 2.84. The molecule has 0 amide bonds. The zero-order valence-electron chi connectivity index (χ0n) is 9.45. The van der Waals surface area contributed by atoms with Gasteiger partial charge in [-0.3, -0.25) is 5.10 Å². The van der Waals surface area contributed by atoms with E-state index in [-0.39, 0.29) is 0 Å². The van der Waals surface area contributed by atoms with Crippen molar-refractivity contribution in [2.45, 2.75) is 25.8 Å². The highest BCUT2D eigenvalue weighted by molar-refractivity contribution is 5.76. The van der Waals surface area contributed by atoms with Gasteiger partial charge in [0.2, 0.25) is 0 Å². The summed E-state index contributed by atoms with van der Waals surface area (Å²) in [6.45, 7) is 3.35. The minimum Gasteiger partial charge on any atom is -0.479 e. The summed E-state index contributed by atoms with van der Waals surface area (Å²) in [5.41, 5.74) is -0.522. The maximum atomic E-state index is 11.3. The van der Waals surface area contributed by atoms with Crippen LogP contribution in [0.25, 0.3) is 11.4 Å². The van der Waals surface area contributed by atoms with Crippen molar-refractivity contribution in [1.29, 1.82) is 0 Å².